The molecule has 1 aromatic rings. The molecular weight excluding hydrogens is 272 g/mol. The number of ether oxygens (including phenoxy) is 2. The van der Waals surface area contributed by atoms with Gasteiger partial charge in [-0.2, -0.15) is 0 Å². The van der Waals surface area contributed by atoms with E-state index in [0.717, 1.165) is 11.3 Å². The van der Waals surface area contributed by atoms with Gasteiger partial charge in [0.25, 0.3) is 0 Å². The lowest BCUT2D eigenvalue weighted by Crippen LogP contribution is -2.08. The number of aliphatic carboxylic acids is 1. The highest BCUT2D eigenvalue weighted by atomic mass is 16.5. The van der Waals surface area contributed by atoms with E-state index in [2.05, 4.69) is 0 Å². The number of carboxylic acid groups (broad SMARTS) is 1. The van der Waals surface area contributed by atoms with Crippen molar-refractivity contribution in [3.63, 3.8) is 0 Å². The van der Waals surface area contributed by atoms with Crippen LogP contribution in [0.25, 0.3) is 6.08 Å². The Hall–Kier alpha value is -2.30. The van der Waals surface area contributed by atoms with Crippen LogP contribution in [0, 0.1) is 0 Å². The maximum atomic E-state index is 11.2. The van der Waals surface area contributed by atoms with Crippen LogP contribution in [0.15, 0.2) is 30.3 Å². The minimum atomic E-state index is -0.745. The van der Waals surface area contributed by atoms with Crippen LogP contribution in [0.5, 0.6) is 5.75 Å². The van der Waals surface area contributed by atoms with Gasteiger partial charge in [-0.3, -0.25) is 4.79 Å². The zero-order valence-corrected chi connectivity index (χ0v) is 12.8. The third kappa shape index (κ3) is 10.2. The van der Waals surface area contributed by atoms with Crippen molar-refractivity contribution in [1.29, 1.82) is 0 Å². The van der Waals surface area contributed by atoms with E-state index in [1.807, 2.05) is 38.1 Å². The fourth-order valence-corrected chi connectivity index (χ4v) is 1.15. The lowest BCUT2D eigenvalue weighted by atomic mass is 10.2. The Balaban J connectivity index is 0.000000690. The molecule has 0 bridgehead atoms. The summed E-state index contributed by atoms with van der Waals surface area (Å²) in [5, 5.41) is 7.72. The van der Waals surface area contributed by atoms with Gasteiger partial charge in [-0.15, -0.1) is 0 Å². The van der Waals surface area contributed by atoms with Gasteiger partial charge in [0.05, 0.1) is 13.2 Å². The maximum Gasteiger partial charge on any atom is 0.331 e. The summed E-state index contributed by atoms with van der Waals surface area (Å²) in [4.78, 5) is 20.6. The Bertz CT molecular complexity index is 460. The molecule has 0 fully saturated rings. The van der Waals surface area contributed by atoms with E-state index < -0.39 is 5.97 Å². The van der Waals surface area contributed by atoms with Crippen LogP contribution in [0.3, 0.4) is 0 Å². The van der Waals surface area contributed by atoms with Crippen molar-refractivity contribution < 1.29 is 24.2 Å². The Kier molecular flexibility index (Phi) is 9.33. The van der Waals surface area contributed by atoms with Crippen LogP contribution in [0.2, 0.25) is 0 Å². The third-order valence-electron chi connectivity index (χ3n) is 2.18. The summed E-state index contributed by atoms with van der Waals surface area (Å²) >= 11 is 0. The van der Waals surface area contributed by atoms with E-state index >= 15 is 0 Å². The molecule has 1 rings (SSSR count). The smallest absolute Gasteiger partial charge is 0.331 e. The molecule has 21 heavy (non-hydrogen) atoms. The number of carboxylic acids is 1. The summed E-state index contributed by atoms with van der Waals surface area (Å²) in [6, 6.07) is 7.43. The summed E-state index contributed by atoms with van der Waals surface area (Å²) in [5.74, 6) is -0.280. The van der Waals surface area contributed by atoms with Gasteiger partial charge in [-0.1, -0.05) is 19.1 Å². The third-order valence-corrected chi connectivity index (χ3v) is 2.18. The van der Waals surface area contributed by atoms with Crippen molar-refractivity contribution in [2.45, 2.75) is 33.3 Å². The quantitative estimate of drug-likeness (QED) is 0.667. The van der Waals surface area contributed by atoms with Crippen LogP contribution in [-0.2, 0) is 14.3 Å². The van der Waals surface area contributed by atoms with Gasteiger partial charge in [-0.05, 0) is 37.6 Å². The predicted molar refractivity (Wildman–Crippen MR) is 81.2 cm³/mol. The summed E-state index contributed by atoms with van der Waals surface area (Å²) in [5.41, 5.74) is 0.932. The van der Waals surface area contributed by atoms with Crippen LogP contribution in [0.1, 0.15) is 32.8 Å². The van der Waals surface area contributed by atoms with E-state index in [0.29, 0.717) is 0 Å². The van der Waals surface area contributed by atoms with Crippen molar-refractivity contribution in [3.8, 4) is 5.75 Å². The molecule has 0 radical (unpaired) electrons. The summed E-state index contributed by atoms with van der Waals surface area (Å²) in [6.45, 7) is 5.24. The number of hydrogen-bond acceptors (Lipinski definition) is 4. The summed E-state index contributed by atoms with van der Waals surface area (Å²) in [7, 11) is 1.62. The van der Waals surface area contributed by atoms with Gasteiger partial charge in [0.15, 0.2) is 0 Å². The average Bonchev–Trinajstić information content (AvgIpc) is 2.45. The largest absolute Gasteiger partial charge is 0.497 e. The highest BCUT2D eigenvalue weighted by Gasteiger charge is 1.99. The Morgan fingerprint density at radius 2 is 1.76 bits per heavy atom. The molecule has 0 aliphatic heterocycles. The molecule has 5 heteroatoms. The molecule has 0 atom stereocenters. The molecule has 0 amide bonds. The Morgan fingerprint density at radius 1 is 1.24 bits per heavy atom. The molecule has 0 aliphatic rings. The molecule has 1 aromatic carbocycles. The monoisotopic (exact) mass is 294 g/mol. The van der Waals surface area contributed by atoms with Gasteiger partial charge in [-0.25, -0.2) is 4.79 Å². The second-order valence-corrected chi connectivity index (χ2v) is 4.34. The Labute approximate surface area is 125 Å². The number of hydrogen-bond donors (Lipinski definition) is 1. The first-order valence-corrected chi connectivity index (χ1v) is 6.63. The first kappa shape index (κ1) is 18.7. The van der Waals surface area contributed by atoms with Crippen molar-refractivity contribution >= 4 is 18.0 Å². The standard InChI is InChI=1S/C13H16O3.C3H6O2/c1-10(2)16-13(14)9-6-11-4-7-12(15-3)8-5-11;1-2-3(4)5/h4-10H,1-3H3;2H2,1H3,(H,4,5)/b9-6+;. The molecule has 0 saturated carbocycles. The van der Waals surface area contributed by atoms with Crippen LogP contribution in [-0.4, -0.2) is 30.3 Å². The molecule has 5 nitrogen and oxygen atoms in total. The maximum absolute atomic E-state index is 11.2. The number of carbonyl (C=O) groups excluding carboxylic acids is 1. The molecule has 0 aromatic heterocycles. The number of methoxy groups -OCH3 is 1. The van der Waals surface area contributed by atoms with Crippen molar-refractivity contribution in [3.05, 3.63) is 35.9 Å². The lowest BCUT2D eigenvalue weighted by Gasteiger charge is -2.04. The van der Waals surface area contributed by atoms with Gasteiger partial charge < -0.3 is 14.6 Å². The normalized spacial score (nSPS) is 9.95. The van der Waals surface area contributed by atoms with Gasteiger partial charge in [0, 0.05) is 12.5 Å². The fourth-order valence-electron chi connectivity index (χ4n) is 1.15. The second kappa shape index (κ2) is 10.5. The molecule has 0 unspecified atom stereocenters. The zero-order valence-electron chi connectivity index (χ0n) is 12.8. The molecule has 116 valence electrons. The van der Waals surface area contributed by atoms with Crippen molar-refractivity contribution in [2.75, 3.05) is 7.11 Å². The van der Waals surface area contributed by atoms with E-state index in [-0.39, 0.29) is 18.5 Å². The van der Waals surface area contributed by atoms with E-state index in [4.69, 9.17) is 14.6 Å². The minimum absolute atomic E-state index is 0.0898. The molecule has 0 heterocycles. The topological polar surface area (TPSA) is 72.8 Å². The van der Waals surface area contributed by atoms with Gasteiger partial charge >= 0.3 is 11.9 Å². The summed E-state index contributed by atoms with van der Waals surface area (Å²) in [6.07, 6.45) is 3.26. The molecule has 0 spiro atoms. The van der Waals surface area contributed by atoms with Gasteiger partial charge in [0.1, 0.15) is 5.75 Å². The van der Waals surface area contributed by atoms with Crippen LogP contribution >= 0.6 is 0 Å². The van der Waals surface area contributed by atoms with E-state index in [1.54, 1.807) is 20.1 Å². The average molecular weight is 294 g/mol. The van der Waals surface area contributed by atoms with Crippen molar-refractivity contribution in [2.24, 2.45) is 0 Å². The number of carbonyl (C=O) groups is 2. The highest BCUT2D eigenvalue weighted by molar-refractivity contribution is 5.87. The number of benzene rings is 1. The zero-order chi connectivity index (χ0) is 16.3. The first-order chi connectivity index (χ1) is 9.88. The number of rotatable bonds is 5. The van der Waals surface area contributed by atoms with Crippen LogP contribution < -0.4 is 4.74 Å². The number of esters is 1. The Morgan fingerprint density at radius 3 is 2.14 bits per heavy atom. The van der Waals surface area contributed by atoms with Crippen LogP contribution in [0.4, 0.5) is 0 Å². The first-order valence-electron chi connectivity index (χ1n) is 6.63. The van der Waals surface area contributed by atoms with E-state index in [1.165, 1.54) is 6.08 Å². The molecular formula is C16H22O5. The molecule has 0 aliphatic carbocycles. The molecule has 0 saturated heterocycles. The minimum Gasteiger partial charge on any atom is -0.497 e. The summed E-state index contributed by atoms with van der Waals surface area (Å²) < 4.78 is 10.00. The second-order valence-electron chi connectivity index (χ2n) is 4.34. The van der Waals surface area contributed by atoms with Crippen molar-refractivity contribution in [1.82, 2.24) is 0 Å². The lowest BCUT2D eigenvalue weighted by molar-refractivity contribution is -0.141. The molecule has 1 N–H and O–H groups in total. The van der Waals surface area contributed by atoms with E-state index in [9.17, 15) is 9.59 Å². The van der Waals surface area contributed by atoms with Gasteiger partial charge in [0.2, 0.25) is 0 Å². The predicted octanol–water partition coefficient (Wildman–Crippen LogP) is 3.14. The SMILES string of the molecule is CCC(=O)O.COc1ccc(/C=C/C(=O)OC(C)C)cc1. The highest BCUT2D eigenvalue weighted by Crippen LogP contribution is 2.12. The fraction of sp³-hybridized carbons (Fsp3) is 0.375.